The largest absolute Gasteiger partial charge is 0.488 e. The molecular formula is C33H38N4O5. The van der Waals surface area contributed by atoms with Gasteiger partial charge in [-0.15, -0.1) is 0 Å². The molecular weight excluding hydrogens is 532 g/mol. The standard InChI is InChI=1S/C29H30N4O4.C4H8O/c1-4-36-28-24(29(34)35)16-31-33(28)26-10-6-9-25(32-26)23-8-5-7-18(2)27(23)37-17-21-12-11-20-15-30-14-13-22(20)19(21)3;1-2-4-5-3-1/h5-12,16,30H,4,13-15,17H2,1-3H3,(H,34,35);1-4H2. The predicted octanol–water partition coefficient (Wildman–Crippen LogP) is 5.67. The Balaban J connectivity index is 0.000000639. The fraction of sp³-hybridized carbons (Fsp3) is 0.364. The van der Waals surface area contributed by atoms with Crippen LogP contribution in [0.15, 0.2) is 54.7 Å². The van der Waals surface area contributed by atoms with Crippen molar-refractivity contribution < 1.29 is 24.1 Å². The Kier molecular flexibility index (Phi) is 9.51. The number of pyridine rings is 1. The molecule has 9 nitrogen and oxygen atoms in total. The second-order valence-corrected chi connectivity index (χ2v) is 10.4. The summed E-state index contributed by atoms with van der Waals surface area (Å²) >= 11 is 0. The molecule has 220 valence electrons. The average molecular weight is 571 g/mol. The number of carboxylic acid groups (broad SMARTS) is 1. The molecule has 4 aromatic rings. The van der Waals surface area contributed by atoms with Gasteiger partial charge in [0.2, 0.25) is 5.88 Å². The maximum absolute atomic E-state index is 11.6. The number of hydrogen-bond donors (Lipinski definition) is 2. The van der Waals surface area contributed by atoms with Crippen molar-refractivity contribution >= 4 is 5.97 Å². The van der Waals surface area contributed by atoms with Crippen LogP contribution in [0.3, 0.4) is 0 Å². The van der Waals surface area contributed by atoms with Gasteiger partial charge in [0, 0.05) is 25.3 Å². The van der Waals surface area contributed by atoms with Crippen LogP contribution in [0.1, 0.15) is 57.9 Å². The summed E-state index contributed by atoms with van der Waals surface area (Å²) in [7, 11) is 0. The molecule has 0 spiro atoms. The van der Waals surface area contributed by atoms with Gasteiger partial charge in [-0.3, -0.25) is 0 Å². The second kappa shape index (κ2) is 13.6. The van der Waals surface area contributed by atoms with E-state index in [1.54, 1.807) is 13.0 Å². The molecule has 2 aromatic carbocycles. The van der Waals surface area contributed by atoms with Crippen LogP contribution in [0.2, 0.25) is 0 Å². The van der Waals surface area contributed by atoms with Gasteiger partial charge in [-0.25, -0.2) is 9.78 Å². The maximum atomic E-state index is 11.6. The summed E-state index contributed by atoms with van der Waals surface area (Å²) in [5.74, 6) is 0.273. The van der Waals surface area contributed by atoms with E-state index in [1.165, 1.54) is 46.0 Å². The van der Waals surface area contributed by atoms with E-state index in [0.717, 1.165) is 49.6 Å². The molecule has 1 fully saturated rings. The lowest BCUT2D eigenvalue weighted by Gasteiger charge is -2.22. The summed E-state index contributed by atoms with van der Waals surface area (Å²) in [5.41, 5.74) is 7.80. The van der Waals surface area contributed by atoms with E-state index in [1.807, 2.05) is 37.3 Å². The molecule has 4 heterocycles. The molecule has 0 bridgehead atoms. The van der Waals surface area contributed by atoms with Gasteiger partial charge >= 0.3 is 5.97 Å². The zero-order chi connectivity index (χ0) is 29.5. The Hall–Kier alpha value is -4.21. The van der Waals surface area contributed by atoms with Gasteiger partial charge in [-0.05, 0) is 92.6 Å². The van der Waals surface area contributed by atoms with E-state index in [0.29, 0.717) is 24.7 Å². The van der Waals surface area contributed by atoms with E-state index < -0.39 is 5.97 Å². The summed E-state index contributed by atoms with van der Waals surface area (Å²) in [6.45, 7) is 10.7. The third-order valence-electron chi connectivity index (χ3n) is 7.55. The van der Waals surface area contributed by atoms with Crippen molar-refractivity contribution in [2.24, 2.45) is 0 Å². The highest BCUT2D eigenvalue weighted by atomic mass is 16.5. The number of nitrogens with zero attached hydrogens (tertiary/aromatic N) is 3. The van der Waals surface area contributed by atoms with Gasteiger partial charge < -0.3 is 24.6 Å². The SMILES string of the molecule is C1CCOC1.CCOc1c(C(=O)O)cnn1-c1cccc(-c2cccc(C)c2OCc2ccc3c(c2C)CCNC3)n1. The van der Waals surface area contributed by atoms with Crippen molar-refractivity contribution in [3.05, 3.63) is 88.1 Å². The Bertz CT molecular complexity index is 1540. The lowest BCUT2D eigenvalue weighted by molar-refractivity contribution is 0.0692. The fourth-order valence-corrected chi connectivity index (χ4v) is 5.29. The van der Waals surface area contributed by atoms with Crippen molar-refractivity contribution in [2.75, 3.05) is 26.4 Å². The van der Waals surface area contributed by atoms with Crippen LogP contribution in [0.25, 0.3) is 17.1 Å². The summed E-state index contributed by atoms with van der Waals surface area (Å²) < 4.78 is 18.4. The van der Waals surface area contributed by atoms with Gasteiger partial charge in [0.25, 0.3) is 0 Å². The van der Waals surface area contributed by atoms with Crippen molar-refractivity contribution in [1.29, 1.82) is 0 Å². The molecule has 2 N–H and O–H groups in total. The van der Waals surface area contributed by atoms with Gasteiger partial charge in [-0.1, -0.05) is 30.3 Å². The summed E-state index contributed by atoms with van der Waals surface area (Å²) in [4.78, 5) is 16.4. The van der Waals surface area contributed by atoms with Crippen LogP contribution in [0, 0.1) is 13.8 Å². The number of aromatic nitrogens is 3. The van der Waals surface area contributed by atoms with E-state index in [4.69, 9.17) is 19.2 Å². The van der Waals surface area contributed by atoms with Crippen molar-refractivity contribution in [3.63, 3.8) is 0 Å². The maximum Gasteiger partial charge on any atom is 0.342 e. The summed E-state index contributed by atoms with van der Waals surface area (Å²) in [6.07, 6.45) is 4.86. The molecule has 2 aliphatic heterocycles. The van der Waals surface area contributed by atoms with Gasteiger partial charge in [0.1, 0.15) is 17.9 Å². The first-order valence-electron chi connectivity index (χ1n) is 14.5. The van der Waals surface area contributed by atoms with Crippen molar-refractivity contribution in [1.82, 2.24) is 20.1 Å². The van der Waals surface area contributed by atoms with Gasteiger partial charge in [0.05, 0.1) is 18.5 Å². The highest BCUT2D eigenvalue weighted by Gasteiger charge is 2.21. The molecule has 0 aliphatic carbocycles. The first-order valence-corrected chi connectivity index (χ1v) is 14.5. The summed E-state index contributed by atoms with van der Waals surface area (Å²) in [5, 5.41) is 17.2. The molecule has 0 saturated carbocycles. The number of aryl methyl sites for hydroxylation is 1. The number of hydrogen-bond acceptors (Lipinski definition) is 7. The van der Waals surface area contributed by atoms with E-state index in [9.17, 15) is 9.90 Å². The predicted molar refractivity (Wildman–Crippen MR) is 161 cm³/mol. The number of nitrogens with one attached hydrogen (secondary N) is 1. The number of carboxylic acids is 1. The number of carbonyl (C=O) groups is 1. The highest BCUT2D eigenvalue weighted by Crippen LogP contribution is 2.34. The Morgan fingerprint density at radius 1 is 1.07 bits per heavy atom. The summed E-state index contributed by atoms with van der Waals surface area (Å²) in [6, 6.07) is 15.9. The first-order chi connectivity index (χ1) is 20.5. The molecule has 0 atom stereocenters. The van der Waals surface area contributed by atoms with E-state index in [2.05, 4.69) is 29.5 Å². The second-order valence-electron chi connectivity index (χ2n) is 10.4. The monoisotopic (exact) mass is 570 g/mol. The van der Waals surface area contributed by atoms with Crippen LogP contribution < -0.4 is 14.8 Å². The smallest absolute Gasteiger partial charge is 0.342 e. The van der Waals surface area contributed by atoms with Crippen molar-refractivity contribution in [3.8, 4) is 28.7 Å². The minimum atomic E-state index is -1.10. The van der Waals surface area contributed by atoms with Crippen LogP contribution >= 0.6 is 0 Å². The number of rotatable bonds is 8. The van der Waals surface area contributed by atoms with E-state index in [-0.39, 0.29) is 11.4 Å². The van der Waals surface area contributed by atoms with Gasteiger partial charge in [0.15, 0.2) is 5.82 Å². The quantitative estimate of drug-likeness (QED) is 0.279. The zero-order valence-electron chi connectivity index (χ0n) is 24.5. The third kappa shape index (κ3) is 6.48. The Labute approximate surface area is 246 Å². The average Bonchev–Trinajstić information content (AvgIpc) is 3.72. The normalized spacial score (nSPS) is 14.1. The third-order valence-corrected chi connectivity index (χ3v) is 7.55. The molecule has 2 aliphatic rings. The molecule has 0 unspecified atom stereocenters. The molecule has 42 heavy (non-hydrogen) atoms. The molecule has 6 rings (SSSR count). The van der Waals surface area contributed by atoms with Crippen molar-refractivity contribution in [2.45, 2.75) is 53.2 Å². The lowest BCUT2D eigenvalue weighted by Crippen LogP contribution is -2.24. The highest BCUT2D eigenvalue weighted by molar-refractivity contribution is 5.90. The molecule has 9 heteroatoms. The first kappa shape index (κ1) is 29.3. The Morgan fingerprint density at radius 2 is 1.88 bits per heavy atom. The van der Waals surface area contributed by atoms with Gasteiger partial charge in [-0.2, -0.15) is 9.78 Å². The molecule has 2 aromatic heterocycles. The minimum absolute atomic E-state index is 0.00942. The minimum Gasteiger partial charge on any atom is -0.488 e. The van der Waals surface area contributed by atoms with E-state index >= 15 is 0 Å². The topological polar surface area (TPSA) is 108 Å². The molecule has 1 saturated heterocycles. The number of aromatic carboxylic acids is 1. The number of benzene rings is 2. The van der Waals surface area contributed by atoms with Crippen LogP contribution in [-0.4, -0.2) is 52.2 Å². The van der Waals surface area contributed by atoms with Crippen LogP contribution in [0.5, 0.6) is 11.6 Å². The molecule has 0 amide bonds. The zero-order valence-corrected chi connectivity index (χ0v) is 24.5. The Morgan fingerprint density at radius 3 is 2.62 bits per heavy atom. The lowest BCUT2D eigenvalue weighted by atomic mass is 9.93. The fourth-order valence-electron chi connectivity index (χ4n) is 5.29. The number of fused-ring (bicyclic) bond motifs is 1. The van der Waals surface area contributed by atoms with Crippen LogP contribution in [0.4, 0.5) is 0 Å². The number of ether oxygens (including phenoxy) is 3. The van der Waals surface area contributed by atoms with Crippen LogP contribution in [-0.2, 0) is 24.3 Å². The molecule has 0 radical (unpaired) electrons. The number of para-hydroxylation sites is 1.